The van der Waals surface area contributed by atoms with E-state index in [0.717, 1.165) is 26.1 Å². The Bertz CT molecular complexity index is 1520. The first-order chi connectivity index (χ1) is 20.3. The Labute approximate surface area is 248 Å². The second-order valence-electron chi connectivity index (χ2n) is 10.0. The molecule has 3 heterocycles. The monoisotopic (exact) mass is 596 g/mol. The molecule has 5 rings (SSSR count). The van der Waals surface area contributed by atoms with E-state index in [1.54, 1.807) is 13.2 Å². The highest BCUT2D eigenvalue weighted by Gasteiger charge is 2.26. The third-order valence-electron chi connectivity index (χ3n) is 6.76. The summed E-state index contributed by atoms with van der Waals surface area (Å²) in [6, 6.07) is 7.16. The van der Waals surface area contributed by atoms with Crippen LogP contribution in [0.1, 0.15) is 25.8 Å². The molecule has 1 fully saturated rings. The van der Waals surface area contributed by atoms with Crippen LogP contribution in [0.25, 0.3) is 10.9 Å². The SMILES string of the molecule is COc1cc2c(Nc3c(Cl)cc(CC#CNC(N)=O)c4c3OCO4)ncnc2cc1OCCCN1CC(C)OC(C)C1. The molecule has 0 bridgehead atoms. The number of methoxy groups -OCH3 is 1. The van der Waals surface area contributed by atoms with Gasteiger partial charge < -0.3 is 34.7 Å². The van der Waals surface area contributed by atoms with Gasteiger partial charge in [0.1, 0.15) is 17.8 Å². The van der Waals surface area contributed by atoms with E-state index in [1.807, 2.05) is 12.1 Å². The minimum absolute atomic E-state index is 0.0208. The van der Waals surface area contributed by atoms with Crippen molar-refractivity contribution in [3.05, 3.63) is 35.1 Å². The van der Waals surface area contributed by atoms with Crippen molar-refractivity contribution in [1.82, 2.24) is 20.2 Å². The molecule has 4 N–H and O–H groups in total. The van der Waals surface area contributed by atoms with Crippen molar-refractivity contribution in [2.24, 2.45) is 5.73 Å². The highest BCUT2D eigenvalue weighted by molar-refractivity contribution is 6.34. The average Bonchev–Trinajstić information content (AvgIpc) is 3.44. The summed E-state index contributed by atoms with van der Waals surface area (Å²) in [6.45, 7) is 7.53. The standard InChI is InChI=1S/C29H33ClN6O6/c1-17-13-36(14-18(2)42-17)8-5-9-39-24-12-22-20(11-23(24)38-3)28(34-15-33-22)35-25-21(30)10-19(6-4-7-32-29(31)37)26-27(25)41-16-40-26/h10-12,15,17-18H,5-6,8-9,13-14,16H2,1-3H3,(H3,31,32,37)(H,33,34,35). The first-order valence-electron chi connectivity index (χ1n) is 13.6. The van der Waals surface area contributed by atoms with Gasteiger partial charge in [-0.25, -0.2) is 14.8 Å². The fourth-order valence-electron chi connectivity index (χ4n) is 5.09. The Morgan fingerprint density at radius 1 is 1.17 bits per heavy atom. The Morgan fingerprint density at radius 3 is 2.71 bits per heavy atom. The number of hydrogen-bond donors (Lipinski definition) is 3. The Balaban J connectivity index is 1.32. The van der Waals surface area contributed by atoms with Crippen LogP contribution in [0.15, 0.2) is 24.5 Å². The van der Waals surface area contributed by atoms with E-state index in [0.29, 0.717) is 62.6 Å². The second kappa shape index (κ2) is 13.2. The minimum atomic E-state index is -0.731. The van der Waals surface area contributed by atoms with E-state index in [9.17, 15) is 4.79 Å². The summed E-state index contributed by atoms with van der Waals surface area (Å²) in [7, 11) is 1.59. The molecule has 0 radical (unpaired) electrons. The number of nitrogens with two attached hydrogens (primary N) is 1. The lowest BCUT2D eigenvalue weighted by Crippen LogP contribution is -2.45. The van der Waals surface area contributed by atoms with Gasteiger partial charge in [0.25, 0.3) is 0 Å². The number of urea groups is 1. The predicted octanol–water partition coefficient (Wildman–Crippen LogP) is 3.81. The number of primary amides is 1. The summed E-state index contributed by atoms with van der Waals surface area (Å²) in [6.07, 6.45) is 3.05. The van der Waals surface area contributed by atoms with Crippen LogP contribution in [-0.2, 0) is 11.2 Å². The van der Waals surface area contributed by atoms with Gasteiger partial charge in [0.05, 0.1) is 36.5 Å². The summed E-state index contributed by atoms with van der Waals surface area (Å²) >= 11 is 6.67. The van der Waals surface area contributed by atoms with Crippen molar-refractivity contribution in [2.45, 2.75) is 38.9 Å². The molecule has 2 atom stereocenters. The van der Waals surface area contributed by atoms with Gasteiger partial charge in [-0.1, -0.05) is 17.5 Å². The van der Waals surface area contributed by atoms with E-state index < -0.39 is 6.03 Å². The van der Waals surface area contributed by atoms with Gasteiger partial charge in [0, 0.05) is 49.1 Å². The van der Waals surface area contributed by atoms with Crippen molar-refractivity contribution in [2.75, 3.05) is 45.5 Å². The van der Waals surface area contributed by atoms with Crippen LogP contribution in [0.4, 0.5) is 16.3 Å². The van der Waals surface area contributed by atoms with Crippen molar-refractivity contribution in [3.8, 4) is 35.0 Å². The molecule has 222 valence electrons. The molecule has 3 aromatic rings. The number of carbonyl (C=O) groups is 1. The zero-order valence-electron chi connectivity index (χ0n) is 23.7. The van der Waals surface area contributed by atoms with E-state index in [1.165, 1.54) is 6.33 Å². The molecule has 0 saturated carbocycles. The molecule has 2 aliphatic heterocycles. The number of morpholine rings is 1. The van der Waals surface area contributed by atoms with Crippen molar-refractivity contribution < 1.29 is 28.5 Å². The molecule has 2 unspecified atom stereocenters. The van der Waals surface area contributed by atoms with E-state index in [-0.39, 0.29) is 25.4 Å². The van der Waals surface area contributed by atoms with E-state index in [2.05, 4.69) is 51.3 Å². The number of rotatable bonds is 9. The summed E-state index contributed by atoms with van der Waals surface area (Å²) in [5.74, 6) is 5.41. The third-order valence-corrected chi connectivity index (χ3v) is 7.06. The number of anilines is 2. The molecule has 1 saturated heterocycles. The van der Waals surface area contributed by atoms with Gasteiger partial charge in [-0.2, -0.15) is 0 Å². The van der Waals surface area contributed by atoms with Crippen LogP contribution in [-0.4, -0.2) is 73.3 Å². The van der Waals surface area contributed by atoms with Crippen LogP contribution in [0.2, 0.25) is 5.02 Å². The van der Waals surface area contributed by atoms with Crippen LogP contribution in [0.5, 0.6) is 23.0 Å². The molecule has 2 amide bonds. The number of halogens is 1. The number of fused-ring (bicyclic) bond motifs is 2. The maximum atomic E-state index is 10.9. The zero-order chi connectivity index (χ0) is 29.6. The van der Waals surface area contributed by atoms with Crippen molar-refractivity contribution >= 4 is 40.0 Å². The number of nitrogens with one attached hydrogen (secondary N) is 2. The lowest BCUT2D eigenvalue weighted by atomic mass is 10.1. The van der Waals surface area contributed by atoms with Crippen molar-refractivity contribution in [1.29, 1.82) is 0 Å². The second-order valence-corrected chi connectivity index (χ2v) is 10.4. The largest absolute Gasteiger partial charge is 0.493 e. The Hall–Kier alpha value is -4.18. The predicted molar refractivity (Wildman–Crippen MR) is 158 cm³/mol. The Kier molecular flexibility index (Phi) is 9.22. The average molecular weight is 597 g/mol. The molecule has 12 nitrogen and oxygen atoms in total. The number of benzene rings is 2. The summed E-state index contributed by atoms with van der Waals surface area (Å²) in [5, 5.41) is 6.59. The number of hydrogen-bond acceptors (Lipinski definition) is 10. The summed E-state index contributed by atoms with van der Waals surface area (Å²) < 4.78 is 29.0. The maximum absolute atomic E-state index is 10.9. The van der Waals surface area contributed by atoms with E-state index in [4.69, 9.17) is 41.0 Å². The molecule has 1 aromatic heterocycles. The molecule has 0 aliphatic carbocycles. The number of nitrogens with zero attached hydrogens (tertiary/aromatic N) is 3. The fourth-order valence-corrected chi connectivity index (χ4v) is 5.35. The highest BCUT2D eigenvalue weighted by Crippen LogP contribution is 2.48. The normalized spacial score (nSPS) is 17.8. The van der Waals surface area contributed by atoms with Gasteiger partial charge in [0.2, 0.25) is 6.79 Å². The smallest absolute Gasteiger partial charge is 0.323 e. The topological polar surface area (TPSA) is 142 Å². The molecular formula is C29H33ClN6O6. The lowest BCUT2D eigenvalue weighted by molar-refractivity contribution is -0.0686. The molecule has 42 heavy (non-hydrogen) atoms. The Morgan fingerprint density at radius 2 is 1.95 bits per heavy atom. The number of ether oxygens (including phenoxy) is 5. The summed E-state index contributed by atoms with van der Waals surface area (Å²) in [4.78, 5) is 22.2. The maximum Gasteiger partial charge on any atom is 0.323 e. The molecule has 13 heteroatoms. The zero-order valence-corrected chi connectivity index (χ0v) is 24.4. The summed E-state index contributed by atoms with van der Waals surface area (Å²) in [5.41, 5.74) is 6.90. The first-order valence-corrected chi connectivity index (χ1v) is 13.9. The third kappa shape index (κ3) is 6.82. The quantitative estimate of drug-likeness (QED) is 0.190. The number of aromatic nitrogens is 2. The van der Waals surface area contributed by atoms with Crippen molar-refractivity contribution in [3.63, 3.8) is 0 Å². The molecular weight excluding hydrogens is 564 g/mol. The number of carbonyl (C=O) groups excluding carboxylic acids is 1. The molecule has 0 spiro atoms. The van der Waals surface area contributed by atoms with Crippen LogP contribution in [0.3, 0.4) is 0 Å². The van der Waals surface area contributed by atoms with Gasteiger partial charge in [-0.3, -0.25) is 10.2 Å². The van der Waals surface area contributed by atoms with Gasteiger partial charge in [-0.15, -0.1) is 0 Å². The first kappa shape index (κ1) is 29.3. The van der Waals surface area contributed by atoms with Gasteiger partial charge in [0.15, 0.2) is 23.0 Å². The number of amides is 2. The molecule has 2 aliphatic rings. The fraction of sp³-hybridized carbons (Fsp3) is 0.414. The highest BCUT2D eigenvalue weighted by atomic mass is 35.5. The van der Waals surface area contributed by atoms with Crippen LogP contribution in [0, 0.1) is 12.0 Å². The van der Waals surface area contributed by atoms with Crippen LogP contribution < -0.4 is 35.3 Å². The molecule has 2 aromatic carbocycles. The minimum Gasteiger partial charge on any atom is -0.493 e. The lowest BCUT2D eigenvalue weighted by Gasteiger charge is -2.35. The van der Waals surface area contributed by atoms with E-state index >= 15 is 0 Å². The van der Waals surface area contributed by atoms with Gasteiger partial charge >= 0.3 is 6.03 Å². The van der Waals surface area contributed by atoms with Crippen LogP contribution >= 0.6 is 11.6 Å². The van der Waals surface area contributed by atoms with Gasteiger partial charge in [-0.05, 0) is 32.4 Å².